The van der Waals surface area contributed by atoms with Crippen LogP contribution in [0.1, 0.15) is 24.2 Å². The molecule has 5 nitrogen and oxygen atoms in total. The van der Waals surface area contributed by atoms with Crippen LogP contribution in [0.15, 0.2) is 35.7 Å². The van der Waals surface area contributed by atoms with Crippen LogP contribution in [0.25, 0.3) is 11.1 Å². The highest BCUT2D eigenvalue weighted by Crippen LogP contribution is 2.39. The molecule has 1 atom stereocenters. The van der Waals surface area contributed by atoms with E-state index in [0.717, 1.165) is 5.56 Å². The number of ether oxygens (including phenoxy) is 1. The van der Waals surface area contributed by atoms with Gasteiger partial charge in [0, 0.05) is 17.9 Å². The van der Waals surface area contributed by atoms with Gasteiger partial charge in [-0.3, -0.25) is 4.79 Å². The normalized spacial score (nSPS) is 12.3. The van der Waals surface area contributed by atoms with Gasteiger partial charge < -0.3 is 15.4 Å². The third-order valence-electron chi connectivity index (χ3n) is 3.31. The first kappa shape index (κ1) is 20.8. The van der Waals surface area contributed by atoms with Crippen molar-refractivity contribution < 1.29 is 14.3 Å². The lowest BCUT2D eigenvalue weighted by Crippen LogP contribution is -2.48. The van der Waals surface area contributed by atoms with Crippen LogP contribution in [0.3, 0.4) is 0 Å². The Bertz CT molecular complexity index is 775. The molecule has 2 rings (SSSR count). The van der Waals surface area contributed by atoms with Crippen molar-refractivity contribution in [3.05, 3.63) is 41.3 Å². The van der Waals surface area contributed by atoms with Crippen LogP contribution in [0.2, 0.25) is 0 Å². The Kier molecular flexibility index (Phi) is 7.17. The number of esters is 1. The smallest absolute Gasteiger partial charge is 0.341 e. The Labute approximate surface area is 170 Å². The van der Waals surface area contributed by atoms with Gasteiger partial charge in [0.15, 0.2) is 0 Å². The Hall–Kier alpha value is -1.47. The summed E-state index contributed by atoms with van der Waals surface area (Å²) < 4.78 is 3.35. The molecule has 0 aliphatic heterocycles. The number of thiophene rings is 1. The number of amides is 1. The van der Waals surface area contributed by atoms with E-state index in [9.17, 15) is 9.59 Å². The van der Waals surface area contributed by atoms with E-state index in [1.807, 2.05) is 35.7 Å². The van der Waals surface area contributed by atoms with E-state index in [4.69, 9.17) is 39.5 Å². The minimum Gasteiger partial charge on any atom is -0.462 e. The van der Waals surface area contributed by atoms with Crippen LogP contribution in [-0.2, 0) is 9.53 Å². The number of benzene rings is 1. The van der Waals surface area contributed by atoms with E-state index in [1.165, 1.54) is 18.3 Å². The number of nitrogens with one attached hydrogen (secondary N) is 2. The zero-order valence-corrected chi connectivity index (χ0v) is 17.1. The highest BCUT2D eigenvalue weighted by Gasteiger charge is 2.35. The monoisotopic (exact) mass is 434 g/mol. The Morgan fingerprint density at radius 2 is 1.88 bits per heavy atom. The molecule has 1 aromatic heterocycles. The van der Waals surface area contributed by atoms with Crippen LogP contribution in [0.4, 0.5) is 5.00 Å². The van der Waals surface area contributed by atoms with Crippen LogP contribution >= 0.6 is 46.1 Å². The molecule has 0 saturated heterocycles. The van der Waals surface area contributed by atoms with Crippen molar-refractivity contribution in [2.75, 3.05) is 11.9 Å². The summed E-state index contributed by atoms with van der Waals surface area (Å²) in [5, 5.41) is 7.71. The highest BCUT2D eigenvalue weighted by atomic mass is 35.6. The fourth-order valence-electron chi connectivity index (χ4n) is 2.23. The van der Waals surface area contributed by atoms with E-state index < -0.39 is 15.9 Å². The molecule has 26 heavy (non-hydrogen) atoms. The molecule has 9 heteroatoms. The molecule has 2 N–H and O–H groups in total. The molecule has 140 valence electrons. The van der Waals surface area contributed by atoms with Gasteiger partial charge in [-0.25, -0.2) is 4.79 Å². The molecule has 0 aliphatic carbocycles. The number of hydrogen-bond acceptors (Lipinski definition) is 5. The molecule has 0 fully saturated rings. The van der Waals surface area contributed by atoms with Crippen LogP contribution < -0.4 is 10.6 Å². The maximum atomic E-state index is 12.5. The Morgan fingerprint density at radius 3 is 2.42 bits per heavy atom. The fraction of sp³-hybridized carbons (Fsp3) is 0.294. The van der Waals surface area contributed by atoms with E-state index in [0.29, 0.717) is 16.1 Å². The first-order valence-corrected chi connectivity index (χ1v) is 9.69. The van der Waals surface area contributed by atoms with Crippen molar-refractivity contribution in [2.45, 2.75) is 23.8 Å². The molecule has 1 amide bonds. The quantitative estimate of drug-likeness (QED) is 0.387. The van der Waals surface area contributed by atoms with Crippen molar-refractivity contribution in [3.8, 4) is 11.1 Å². The minimum atomic E-state index is -1.82. The molecule has 2 aromatic rings. The van der Waals surface area contributed by atoms with Gasteiger partial charge in [-0.05, 0) is 12.5 Å². The number of carbonyl (C=O) groups excluding carboxylic acids is 2. The van der Waals surface area contributed by atoms with Gasteiger partial charge in [0.1, 0.15) is 16.7 Å². The second kappa shape index (κ2) is 8.95. The number of anilines is 1. The number of rotatable bonds is 6. The summed E-state index contributed by atoms with van der Waals surface area (Å²) in [6.07, 6.45) is -1.03. The molecule has 0 aliphatic rings. The SMILES string of the molecule is CCOC(=O)c1c(-c2ccccc2)csc1N[C@@H](NC(C)=O)C(Cl)(Cl)Cl. The van der Waals surface area contributed by atoms with Gasteiger partial charge >= 0.3 is 5.97 Å². The number of carbonyl (C=O) groups is 2. The van der Waals surface area contributed by atoms with Crippen molar-refractivity contribution in [1.82, 2.24) is 5.32 Å². The highest BCUT2D eigenvalue weighted by molar-refractivity contribution is 7.15. The largest absolute Gasteiger partial charge is 0.462 e. The molecule has 1 aromatic carbocycles. The molecule has 0 bridgehead atoms. The van der Waals surface area contributed by atoms with Gasteiger partial charge in [0.05, 0.1) is 6.61 Å². The summed E-state index contributed by atoms with van der Waals surface area (Å²) in [4.78, 5) is 24.0. The van der Waals surface area contributed by atoms with E-state index >= 15 is 0 Å². The van der Waals surface area contributed by atoms with Gasteiger partial charge in [0.2, 0.25) is 9.70 Å². The predicted octanol–water partition coefficient (Wildman–Crippen LogP) is 4.84. The van der Waals surface area contributed by atoms with Gasteiger partial charge in [-0.1, -0.05) is 65.1 Å². The van der Waals surface area contributed by atoms with Crippen LogP contribution in [0, 0.1) is 0 Å². The first-order valence-electron chi connectivity index (χ1n) is 7.68. The molecule has 0 spiro atoms. The average Bonchev–Trinajstić information content (AvgIpc) is 2.98. The lowest BCUT2D eigenvalue weighted by molar-refractivity contribution is -0.119. The predicted molar refractivity (Wildman–Crippen MR) is 107 cm³/mol. The zero-order chi connectivity index (χ0) is 19.3. The molecule has 0 radical (unpaired) electrons. The van der Waals surface area contributed by atoms with E-state index in [-0.39, 0.29) is 12.5 Å². The summed E-state index contributed by atoms with van der Waals surface area (Å²) in [6, 6.07) is 9.39. The zero-order valence-electron chi connectivity index (χ0n) is 14.0. The summed E-state index contributed by atoms with van der Waals surface area (Å²) in [7, 11) is 0. The molecular weight excluding hydrogens is 419 g/mol. The standard InChI is InChI=1S/C17H17Cl3N2O3S/c1-3-25-15(24)13-12(11-7-5-4-6-8-11)9-26-14(13)22-16(17(18,19)20)21-10(2)23/h4-9,16,22H,3H2,1-2H3,(H,21,23)/t16-/m1/s1. The molecule has 0 saturated carbocycles. The maximum absolute atomic E-state index is 12.5. The third-order valence-corrected chi connectivity index (χ3v) is 4.87. The lowest BCUT2D eigenvalue weighted by Gasteiger charge is -2.26. The van der Waals surface area contributed by atoms with Crippen molar-refractivity contribution in [2.24, 2.45) is 0 Å². The van der Waals surface area contributed by atoms with Crippen LogP contribution in [-0.4, -0.2) is 28.4 Å². The van der Waals surface area contributed by atoms with Crippen LogP contribution in [0.5, 0.6) is 0 Å². The summed E-state index contributed by atoms with van der Waals surface area (Å²) in [5.41, 5.74) is 1.87. The first-order chi connectivity index (χ1) is 12.2. The second-order valence-corrected chi connectivity index (χ2v) is 8.51. The van der Waals surface area contributed by atoms with Gasteiger partial charge in [-0.2, -0.15) is 0 Å². The van der Waals surface area contributed by atoms with Crippen molar-refractivity contribution in [1.29, 1.82) is 0 Å². The molecular formula is C17H17Cl3N2O3S. The number of hydrogen-bond donors (Lipinski definition) is 2. The lowest BCUT2D eigenvalue weighted by atomic mass is 10.0. The Morgan fingerprint density at radius 1 is 1.23 bits per heavy atom. The van der Waals surface area contributed by atoms with Gasteiger partial charge in [-0.15, -0.1) is 11.3 Å². The van der Waals surface area contributed by atoms with Crippen molar-refractivity contribution in [3.63, 3.8) is 0 Å². The Balaban J connectivity index is 2.46. The number of alkyl halides is 3. The fourth-order valence-corrected chi connectivity index (χ4v) is 3.55. The summed E-state index contributed by atoms with van der Waals surface area (Å²) in [6.45, 7) is 3.25. The average molecular weight is 436 g/mol. The van der Waals surface area contributed by atoms with E-state index in [2.05, 4.69) is 10.6 Å². The van der Waals surface area contributed by atoms with E-state index in [1.54, 1.807) is 6.92 Å². The molecule has 1 heterocycles. The topological polar surface area (TPSA) is 67.4 Å². The van der Waals surface area contributed by atoms with Crippen molar-refractivity contribution >= 4 is 63.0 Å². The number of halogens is 3. The maximum Gasteiger partial charge on any atom is 0.341 e. The molecule has 0 unspecified atom stereocenters. The van der Waals surface area contributed by atoms with Gasteiger partial charge in [0.25, 0.3) is 0 Å². The second-order valence-electron chi connectivity index (χ2n) is 5.26. The summed E-state index contributed by atoms with van der Waals surface area (Å²) in [5.74, 6) is -0.882. The minimum absolute atomic E-state index is 0.224. The third kappa shape index (κ3) is 5.27. The summed E-state index contributed by atoms with van der Waals surface area (Å²) >= 11 is 19.1.